The second-order valence-corrected chi connectivity index (χ2v) is 5.38. The van der Waals surface area contributed by atoms with E-state index in [4.69, 9.17) is 17.3 Å². The van der Waals surface area contributed by atoms with E-state index in [1.54, 1.807) is 11.3 Å². The largest absolute Gasteiger partial charge is 0.318 e. The summed E-state index contributed by atoms with van der Waals surface area (Å²) in [5, 5.41) is 9.68. The summed E-state index contributed by atoms with van der Waals surface area (Å²) in [6.07, 6.45) is 0. The first-order valence-electron chi connectivity index (χ1n) is 5.72. The second-order valence-electron chi connectivity index (χ2n) is 4.02. The third-order valence-electron chi connectivity index (χ3n) is 2.78. The van der Waals surface area contributed by atoms with E-state index >= 15 is 0 Å². The Morgan fingerprint density at radius 1 is 1.21 bits per heavy atom. The number of nitrogens with zero attached hydrogens (tertiary/aromatic N) is 2. The quantitative estimate of drug-likeness (QED) is 0.778. The van der Waals surface area contributed by atoms with E-state index < -0.39 is 6.04 Å². The van der Waals surface area contributed by atoms with Gasteiger partial charge in [0, 0.05) is 5.02 Å². The Kier molecular flexibility index (Phi) is 3.33. The summed E-state index contributed by atoms with van der Waals surface area (Å²) in [6.45, 7) is 0. The van der Waals surface area contributed by atoms with Crippen LogP contribution in [0.25, 0.3) is 10.7 Å². The molecule has 0 radical (unpaired) electrons. The molecule has 0 saturated carbocycles. The molecule has 1 aromatic carbocycles. The maximum atomic E-state index is 6.17. The van der Waals surface area contributed by atoms with Gasteiger partial charge in [0.25, 0.3) is 0 Å². The van der Waals surface area contributed by atoms with Crippen molar-refractivity contribution in [2.75, 3.05) is 0 Å². The van der Waals surface area contributed by atoms with Crippen LogP contribution < -0.4 is 5.73 Å². The first-order valence-corrected chi connectivity index (χ1v) is 6.97. The smallest absolute Gasteiger partial charge is 0.191 e. The minimum Gasteiger partial charge on any atom is -0.318 e. The van der Waals surface area contributed by atoms with Gasteiger partial charge in [-0.1, -0.05) is 35.9 Å². The molecule has 19 heavy (non-hydrogen) atoms. The van der Waals surface area contributed by atoms with E-state index in [9.17, 15) is 0 Å². The lowest BCUT2D eigenvalue weighted by Crippen LogP contribution is -2.14. The Morgan fingerprint density at radius 3 is 2.79 bits per heavy atom. The van der Waals surface area contributed by atoms with Gasteiger partial charge in [-0.15, -0.1) is 11.3 Å². The van der Waals surface area contributed by atoms with Gasteiger partial charge in [0.2, 0.25) is 0 Å². The SMILES string of the molecule is N[C@@H](c1nc(-c2cccs2)n[nH]1)c1ccccc1Cl. The van der Waals surface area contributed by atoms with Crippen LogP contribution in [-0.4, -0.2) is 15.2 Å². The molecule has 0 bridgehead atoms. The van der Waals surface area contributed by atoms with E-state index in [2.05, 4.69) is 15.2 Å². The van der Waals surface area contributed by atoms with Crippen LogP contribution in [0.15, 0.2) is 41.8 Å². The molecule has 4 nitrogen and oxygen atoms in total. The lowest BCUT2D eigenvalue weighted by molar-refractivity contribution is 0.788. The molecule has 2 aromatic heterocycles. The van der Waals surface area contributed by atoms with Gasteiger partial charge in [0.15, 0.2) is 5.82 Å². The van der Waals surface area contributed by atoms with Crippen LogP contribution in [0.5, 0.6) is 0 Å². The van der Waals surface area contributed by atoms with Crippen molar-refractivity contribution in [2.24, 2.45) is 5.73 Å². The normalized spacial score (nSPS) is 12.5. The summed E-state index contributed by atoms with van der Waals surface area (Å²) >= 11 is 7.72. The maximum absolute atomic E-state index is 6.17. The summed E-state index contributed by atoms with van der Waals surface area (Å²) in [6, 6.07) is 11.0. The first-order chi connectivity index (χ1) is 9.25. The van der Waals surface area contributed by atoms with Gasteiger partial charge >= 0.3 is 0 Å². The summed E-state index contributed by atoms with van der Waals surface area (Å²) in [5.74, 6) is 1.27. The number of aromatic amines is 1. The number of hydrogen-bond donors (Lipinski definition) is 2. The molecule has 0 amide bonds. The van der Waals surface area contributed by atoms with E-state index in [0.717, 1.165) is 10.4 Å². The van der Waals surface area contributed by atoms with Crippen LogP contribution in [0.1, 0.15) is 17.4 Å². The van der Waals surface area contributed by atoms with Crippen molar-refractivity contribution >= 4 is 22.9 Å². The molecule has 0 unspecified atom stereocenters. The third kappa shape index (κ3) is 2.40. The van der Waals surface area contributed by atoms with Gasteiger partial charge in [-0.05, 0) is 23.1 Å². The highest BCUT2D eigenvalue weighted by molar-refractivity contribution is 7.13. The molecule has 0 saturated heterocycles. The molecule has 3 N–H and O–H groups in total. The van der Waals surface area contributed by atoms with E-state index in [0.29, 0.717) is 16.7 Å². The standard InChI is InChI=1S/C13H11ClN4S/c14-9-5-2-1-4-8(9)11(15)13-16-12(17-18-13)10-6-3-7-19-10/h1-7,11H,15H2,(H,16,17,18)/t11-/m1/s1. The van der Waals surface area contributed by atoms with Gasteiger partial charge in [0.1, 0.15) is 5.82 Å². The summed E-state index contributed by atoms with van der Waals surface area (Å²) in [4.78, 5) is 5.44. The van der Waals surface area contributed by atoms with Crippen molar-refractivity contribution < 1.29 is 0 Å². The van der Waals surface area contributed by atoms with Crippen molar-refractivity contribution in [3.63, 3.8) is 0 Å². The van der Waals surface area contributed by atoms with Crippen LogP contribution in [0.2, 0.25) is 5.02 Å². The minimum atomic E-state index is -0.407. The van der Waals surface area contributed by atoms with Crippen LogP contribution in [0.4, 0.5) is 0 Å². The first kappa shape index (κ1) is 12.3. The maximum Gasteiger partial charge on any atom is 0.191 e. The van der Waals surface area contributed by atoms with Crippen molar-refractivity contribution in [3.8, 4) is 10.7 Å². The van der Waals surface area contributed by atoms with Crippen molar-refractivity contribution in [3.05, 3.63) is 58.2 Å². The molecule has 6 heteroatoms. The predicted octanol–water partition coefficient (Wildman–Crippen LogP) is 3.23. The fourth-order valence-corrected chi connectivity index (χ4v) is 2.71. The molecule has 0 fully saturated rings. The van der Waals surface area contributed by atoms with E-state index in [-0.39, 0.29) is 0 Å². The molecular weight excluding hydrogens is 280 g/mol. The zero-order chi connectivity index (χ0) is 13.2. The number of hydrogen-bond acceptors (Lipinski definition) is 4. The third-order valence-corrected chi connectivity index (χ3v) is 3.99. The van der Waals surface area contributed by atoms with Crippen LogP contribution in [0, 0.1) is 0 Å². The Hall–Kier alpha value is -1.69. The Morgan fingerprint density at radius 2 is 2.05 bits per heavy atom. The number of benzene rings is 1. The lowest BCUT2D eigenvalue weighted by Gasteiger charge is -2.09. The number of nitrogens with two attached hydrogens (primary N) is 1. The Bertz CT molecular complexity index is 678. The topological polar surface area (TPSA) is 67.6 Å². The van der Waals surface area contributed by atoms with Crippen LogP contribution >= 0.6 is 22.9 Å². The molecule has 0 aliphatic heterocycles. The number of H-pyrrole nitrogens is 1. The molecule has 2 heterocycles. The Labute approximate surface area is 119 Å². The second kappa shape index (κ2) is 5.13. The average molecular weight is 291 g/mol. The molecule has 96 valence electrons. The number of thiophene rings is 1. The van der Waals surface area contributed by atoms with E-state index in [1.807, 2.05) is 41.8 Å². The summed E-state index contributed by atoms with van der Waals surface area (Å²) in [5.41, 5.74) is 7.00. The monoisotopic (exact) mass is 290 g/mol. The fraction of sp³-hybridized carbons (Fsp3) is 0.0769. The molecule has 3 aromatic rings. The van der Waals surface area contributed by atoms with Gasteiger partial charge < -0.3 is 5.73 Å². The minimum absolute atomic E-state index is 0.407. The number of rotatable bonds is 3. The lowest BCUT2D eigenvalue weighted by atomic mass is 10.1. The number of nitrogens with one attached hydrogen (secondary N) is 1. The molecule has 0 aliphatic rings. The van der Waals surface area contributed by atoms with Gasteiger partial charge in [0.05, 0.1) is 10.9 Å². The van der Waals surface area contributed by atoms with Gasteiger partial charge in [-0.3, -0.25) is 5.10 Å². The van der Waals surface area contributed by atoms with Crippen molar-refractivity contribution in [2.45, 2.75) is 6.04 Å². The molecule has 0 aliphatic carbocycles. The average Bonchev–Trinajstić information content (AvgIpc) is 3.09. The fourth-order valence-electron chi connectivity index (χ4n) is 1.80. The predicted molar refractivity (Wildman–Crippen MR) is 77.2 cm³/mol. The summed E-state index contributed by atoms with van der Waals surface area (Å²) in [7, 11) is 0. The molecule has 0 spiro atoms. The van der Waals surface area contributed by atoms with Gasteiger partial charge in [-0.25, -0.2) is 4.98 Å². The number of halogens is 1. The van der Waals surface area contributed by atoms with Crippen molar-refractivity contribution in [1.82, 2.24) is 15.2 Å². The van der Waals surface area contributed by atoms with E-state index in [1.165, 1.54) is 0 Å². The van der Waals surface area contributed by atoms with Crippen molar-refractivity contribution in [1.29, 1.82) is 0 Å². The summed E-state index contributed by atoms with van der Waals surface area (Å²) < 4.78 is 0. The highest BCUT2D eigenvalue weighted by atomic mass is 35.5. The van der Waals surface area contributed by atoms with Gasteiger partial charge in [-0.2, -0.15) is 5.10 Å². The highest BCUT2D eigenvalue weighted by Gasteiger charge is 2.17. The zero-order valence-electron chi connectivity index (χ0n) is 9.88. The van der Waals surface area contributed by atoms with Crippen LogP contribution in [0.3, 0.4) is 0 Å². The molecular formula is C13H11ClN4S. The molecule has 1 atom stereocenters. The Balaban J connectivity index is 1.93. The van der Waals surface area contributed by atoms with Crippen LogP contribution in [-0.2, 0) is 0 Å². The number of aromatic nitrogens is 3. The molecule has 3 rings (SSSR count). The highest BCUT2D eigenvalue weighted by Crippen LogP contribution is 2.26. The zero-order valence-corrected chi connectivity index (χ0v) is 11.4.